The summed E-state index contributed by atoms with van der Waals surface area (Å²) >= 11 is 0. The zero-order valence-corrected chi connectivity index (χ0v) is 26.4. The van der Waals surface area contributed by atoms with Crippen LogP contribution in [0.3, 0.4) is 0 Å². The summed E-state index contributed by atoms with van der Waals surface area (Å²) in [6.45, 7) is 5.91. The van der Waals surface area contributed by atoms with Crippen molar-refractivity contribution in [2.45, 2.75) is 82.6 Å². The van der Waals surface area contributed by atoms with Crippen molar-refractivity contribution in [2.75, 3.05) is 25.6 Å². The van der Waals surface area contributed by atoms with E-state index in [-0.39, 0.29) is 12.5 Å². The molecule has 2 aromatic carbocycles. The molecule has 4 aromatic rings. The standard InChI is InChI=1S/C35H46N6O4/c1-22(2)23-14-16-26(17-15-23)36-19-29-39-33(37-18-27(24-10-6-4-7-11-24)25-12-8-5-9-13-25)30-34(40-29)41(21-38-30)35-32(43)31(42)28(45-35)20-44-3/h4-13,21-23,26-28,31-32,35-36,42-43H,14-20H2,1-3H3,(H,37,39,40)/t23-,26-,28-,31-,32-,35-/m1/s1. The van der Waals surface area contributed by atoms with Crippen LogP contribution in [0.25, 0.3) is 11.2 Å². The summed E-state index contributed by atoms with van der Waals surface area (Å²) in [5.41, 5.74) is 3.52. The Kier molecular flexibility index (Phi) is 10.1. The Morgan fingerprint density at radius 3 is 2.22 bits per heavy atom. The molecule has 2 aromatic heterocycles. The Balaban J connectivity index is 1.29. The number of nitrogens with zero attached hydrogens (tertiary/aromatic N) is 4. The summed E-state index contributed by atoms with van der Waals surface area (Å²) in [4.78, 5) is 14.6. The van der Waals surface area contributed by atoms with E-state index in [0.29, 0.717) is 41.9 Å². The zero-order chi connectivity index (χ0) is 31.3. The molecular formula is C35H46N6O4. The third-order valence-electron chi connectivity index (χ3n) is 9.55. The lowest BCUT2D eigenvalue weighted by Gasteiger charge is -2.31. The molecule has 0 spiro atoms. The first-order valence-electron chi connectivity index (χ1n) is 16.2. The van der Waals surface area contributed by atoms with Crippen molar-refractivity contribution in [3.05, 3.63) is 83.9 Å². The Hall–Kier alpha value is -3.41. The van der Waals surface area contributed by atoms with Crippen LogP contribution in [0.15, 0.2) is 67.0 Å². The highest BCUT2D eigenvalue weighted by Gasteiger charge is 2.44. The Morgan fingerprint density at radius 2 is 1.60 bits per heavy atom. The molecule has 10 nitrogen and oxygen atoms in total. The van der Waals surface area contributed by atoms with E-state index >= 15 is 0 Å². The van der Waals surface area contributed by atoms with Gasteiger partial charge in [0.2, 0.25) is 0 Å². The van der Waals surface area contributed by atoms with E-state index in [9.17, 15) is 10.2 Å². The van der Waals surface area contributed by atoms with Crippen molar-refractivity contribution < 1.29 is 19.7 Å². The van der Waals surface area contributed by atoms with E-state index in [2.05, 4.69) is 78.0 Å². The summed E-state index contributed by atoms with van der Waals surface area (Å²) in [6.07, 6.45) is 2.59. The third-order valence-corrected chi connectivity index (χ3v) is 9.55. The van der Waals surface area contributed by atoms with Crippen LogP contribution >= 0.6 is 0 Å². The van der Waals surface area contributed by atoms with Gasteiger partial charge in [0.25, 0.3) is 0 Å². The first kappa shape index (κ1) is 31.6. The highest BCUT2D eigenvalue weighted by molar-refractivity contribution is 5.83. The minimum absolute atomic E-state index is 0.0853. The Bertz CT molecular complexity index is 1470. The second kappa shape index (κ2) is 14.3. The van der Waals surface area contributed by atoms with Crippen molar-refractivity contribution in [3.63, 3.8) is 0 Å². The van der Waals surface area contributed by atoms with Crippen LogP contribution in [0.5, 0.6) is 0 Å². The van der Waals surface area contributed by atoms with Crippen LogP contribution in [0.1, 0.15) is 68.6 Å². The van der Waals surface area contributed by atoms with E-state index in [1.54, 1.807) is 18.0 Å². The molecule has 2 fully saturated rings. The lowest BCUT2D eigenvalue weighted by Crippen LogP contribution is -2.34. The molecule has 240 valence electrons. The molecule has 4 N–H and O–H groups in total. The summed E-state index contributed by atoms with van der Waals surface area (Å²) in [5, 5.41) is 28.9. The molecule has 0 amide bonds. The normalized spacial score (nSPS) is 25.4. The fraction of sp³-hybridized carbons (Fsp3) is 0.514. The van der Waals surface area contributed by atoms with Crippen LogP contribution in [0.2, 0.25) is 0 Å². The fourth-order valence-corrected chi connectivity index (χ4v) is 6.83. The molecule has 3 heterocycles. The lowest BCUT2D eigenvalue weighted by atomic mass is 9.80. The number of benzene rings is 2. The number of hydrogen-bond donors (Lipinski definition) is 4. The van der Waals surface area contributed by atoms with Crippen molar-refractivity contribution in [1.29, 1.82) is 0 Å². The summed E-state index contributed by atoms with van der Waals surface area (Å²) < 4.78 is 13.0. The van der Waals surface area contributed by atoms with Gasteiger partial charge in [-0.2, -0.15) is 0 Å². The summed E-state index contributed by atoms with van der Waals surface area (Å²) in [6, 6.07) is 21.3. The summed E-state index contributed by atoms with van der Waals surface area (Å²) in [5.74, 6) is 2.85. The number of rotatable bonds is 12. The molecule has 1 aliphatic carbocycles. The van der Waals surface area contributed by atoms with Crippen LogP contribution < -0.4 is 10.6 Å². The number of ether oxygens (including phenoxy) is 2. The molecule has 45 heavy (non-hydrogen) atoms. The molecule has 1 aliphatic heterocycles. The molecule has 0 radical (unpaired) electrons. The molecule has 0 bridgehead atoms. The van der Waals surface area contributed by atoms with Gasteiger partial charge in [0.1, 0.15) is 24.1 Å². The van der Waals surface area contributed by atoms with Gasteiger partial charge >= 0.3 is 0 Å². The third kappa shape index (κ3) is 7.05. The maximum Gasteiger partial charge on any atom is 0.168 e. The van der Waals surface area contributed by atoms with Gasteiger partial charge in [-0.1, -0.05) is 74.5 Å². The molecule has 4 atom stereocenters. The minimum atomic E-state index is -1.16. The number of nitrogens with one attached hydrogen (secondary N) is 2. The number of imidazole rings is 1. The monoisotopic (exact) mass is 614 g/mol. The van der Waals surface area contributed by atoms with Crippen LogP contribution in [0.4, 0.5) is 5.82 Å². The van der Waals surface area contributed by atoms with Gasteiger partial charge in [-0.05, 0) is 48.6 Å². The van der Waals surface area contributed by atoms with Crippen molar-refractivity contribution in [2.24, 2.45) is 11.8 Å². The summed E-state index contributed by atoms with van der Waals surface area (Å²) in [7, 11) is 1.54. The van der Waals surface area contributed by atoms with Gasteiger partial charge in [-0.3, -0.25) is 4.57 Å². The van der Waals surface area contributed by atoms with Gasteiger partial charge in [0, 0.05) is 25.6 Å². The van der Waals surface area contributed by atoms with Gasteiger partial charge in [0.05, 0.1) is 19.5 Å². The van der Waals surface area contributed by atoms with Gasteiger partial charge in [-0.15, -0.1) is 0 Å². The van der Waals surface area contributed by atoms with Crippen molar-refractivity contribution >= 4 is 17.0 Å². The van der Waals surface area contributed by atoms with Crippen LogP contribution in [-0.4, -0.2) is 74.3 Å². The predicted octanol–water partition coefficient (Wildman–Crippen LogP) is 4.64. The maximum atomic E-state index is 10.9. The topological polar surface area (TPSA) is 127 Å². The second-order valence-corrected chi connectivity index (χ2v) is 12.8. The SMILES string of the molecule is COC[C@H]1O[C@@H](n2cnc3c(NCC(c4ccccc4)c4ccccc4)nc(CN[C@H]4CC[C@H](C(C)C)CC4)nc32)[C@H](O)[C@@H]1O. The molecule has 1 saturated heterocycles. The molecule has 0 unspecified atom stereocenters. The number of aromatic nitrogens is 4. The average Bonchev–Trinajstić information content (AvgIpc) is 3.61. The molecule has 6 rings (SSSR count). The minimum Gasteiger partial charge on any atom is -0.387 e. The largest absolute Gasteiger partial charge is 0.387 e. The molecule has 1 saturated carbocycles. The smallest absolute Gasteiger partial charge is 0.168 e. The van der Waals surface area contributed by atoms with E-state index < -0.39 is 24.5 Å². The number of anilines is 1. The van der Waals surface area contributed by atoms with Crippen molar-refractivity contribution in [1.82, 2.24) is 24.8 Å². The number of methoxy groups -OCH3 is 1. The molecule has 2 aliphatic rings. The Morgan fingerprint density at radius 1 is 0.933 bits per heavy atom. The Labute approximate surface area is 265 Å². The highest BCUT2D eigenvalue weighted by atomic mass is 16.6. The average molecular weight is 615 g/mol. The van der Waals surface area contributed by atoms with E-state index in [1.165, 1.54) is 24.0 Å². The number of fused-ring (bicyclic) bond motifs is 1. The van der Waals surface area contributed by atoms with Crippen LogP contribution in [0, 0.1) is 11.8 Å². The first-order chi connectivity index (χ1) is 21.9. The van der Waals surface area contributed by atoms with Gasteiger partial charge < -0.3 is 30.3 Å². The van der Waals surface area contributed by atoms with E-state index in [0.717, 1.165) is 24.7 Å². The lowest BCUT2D eigenvalue weighted by molar-refractivity contribution is -0.0580. The fourth-order valence-electron chi connectivity index (χ4n) is 6.83. The quantitative estimate of drug-likeness (QED) is 0.181. The highest BCUT2D eigenvalue weighted by Crippen LogP contribution is 2.34. The van der Waals surface area contributed by atoms with E-state index in [1.807, 2.05) is 12.1 Å². The van der Waals surface area contributed by atoms with Gasteiger partial charge in [-0.25, -0.2) is 15.0 Å². The maximum absolute atomic E-state index is 10.9. The van der Waals surface area contributed by atoms with Crippen LogP contribution in [-0.2, 0) is 16.0 Å². The predicted molar refractivity (Wildman–Crippen MR) is 174 cm³/mol. The first-order valence-corrected chi connectivity index (χ1v) is 16.2. The zero-order valence-electron chi connectivity index (χ0n) is 26.4. The van der Waals surface area contributed by atoms with E-state index in [4.69, 9.17) is 19.4 Å². The second-order valence-electron chi connectivity index (χ2n) is 12.8. The number of aliphatic hydroxyl groups excluding tert-OH is 2. The molecule has 10 heteroatoms. The number of aliphatic hydroxyl groups is 2. The molecular weight excluding hydrogens is 568 g/mol. The number of hydrogen-bond acceptors (Lipinski definition) is 9. The van der Waals surface area contributed by atoms with Gasteiger partial charge in [0.15, 0.2) is 23.2 Å². The van der Waals surface area contributed by atoms with Crippen molar-refractivity contribution in [3.8, 4) is 0 Å².